The second kappa shape index (κ2) is 10.8. The molecule has 0 atom stereocenters. The number of sulfone groups is 1. The molecule has 0 radical (unpaired) electrons. The zero-order valence-corrected chi connectivity index (χ0v) is 19.6. The summed E-state index contributed by atoms with van der Waals surface area (Å²) in [6, 6.07) is 19.6. The van der Waals surface area contributed by atoms with Gasteiger partial charge >= 0.3 is 0 Å². The van der Waals surface area contributed by atoms with E-state index < -0.39 is 9.84 Å². The fourth-order valence-corrected chi connectivity index (χ4v) is 3.97. The van der Waals surface area contributed by atoms with Crippen LogP contribution in [-0.2, 0) is 16.4 Å². The van der Waals surface area contributed by atoms with Crippen molar-refractivity contribution in [3.8, 4) is 17.2 Å². The lowest BCUT2D eigenvalue weighted by molar-refractivity contribution is 0.104. The minimum absolute atomic E-state index is 0.0398. The molecule has 0 heterocycles. The Morgan fingerprint density at radius 2 is 1.67 bits per heavy atom. The molecule has 7 heteroatoms. The molecule has 0 amide bonds. The van der Waals surface area contributed by atoms with E-state index in [2.05, 4.69) is 0 Å². The van der Waals surface area contributed by atoms with Gasteiger partial charge in [-0.3, -0.25) is 4.79 Å². The van der Waals surface area contributed by atoms with Crippen molar-refractivity contribution in [1.82, 2.24) is 0 Å². The van der Waals surface area contributed by atoms with Crippen molar-refractivity contribution in [2.75, 3.05) is 20.0 Å². The summed E-state index contributed by atoms with van der Waals surface area (Å²) in [5.41, 5.74) is 2.13. The molecule has 0 unspecified atom stereocenters. The number of ether oxygens (including phenoxy) is 3. The second-order valence-corrected chi connectivity index (χ2v) is 9.23. The van der Waals surface area contributed by atoms with Crippen LogP contribution >= 0.6 is 0 Å². The molecule has 0 aliphatic heterocycles. The van der Waals surface area contributed by atoms with Gasteiger partial charge in [0.1, 0.15) is 17.3 Å². The van der Waals surface area contributed by atoms with Crippen LogP contribution in [-0.4, -0.2) is 34.2 Å². The van der Waals surface area contributed by atoms with Crippen LogP contribution in [0.3, 0.4) is 0 Å². The van der Waals surface area contributed by atoms with Crippen molar-refractivity contribution >= 4 is 21.7 Å². The zero-order chi connectivity index (χ0) is 23.8. The van der Waals surface area contributed by atoms with E-state index in [0.29, 0.717) is 30.3 Å². The van der Waals surface area contributed by atoms with Gasteiger partial charge in [-0.1, -0.05) is 42.5 Å². The highest BCUT2D eigenvalue weighted by atomic mass is 32.2. The minimum atomic E-state index is -3.46. The largest absolute Gasteiger partial charge is 0.495 e. The fraction of sp³-hybridized carbons (Fsp3) is 0.192. The first-order valence-corrected chi connectivity index (χ1v) is 12.2. The molecule has 0 saturated heterocycles. The summed E-state index contributed by atoms with van der Waals surface area (Å²) in [7, 11) is -2.09. The molecule has 0 bridgehead atoms. The fourth-order valence-electron chi connectivity index (χ4n) is 3.15. The number of hydrogen-bond acceptors (Lipinski definition) is 6. The molecule has 0 saturated carbocycles. The first-order valence-electron chi connectivity index (χ1n) is 10.4. The molecular formula is C26H26O6S. The van der Waals surface area contributed by atoms with E-state index in [9.17, 15) is 13.2 Å². The highest BCUT2D eigenvalue weighted by Gasteiger charge is 2.16. The lowest BCUT2D eigenvalue weighted by Gasteiger charge is -2.12. The maximum absolute atomic E-state index is 12.6. The Kier molecular flexibility index (Phi) is 7.90. The van der Waals surface area contributed by atoms with Gasteiger partial charge in [0.15, 0.2) is 27.1 Å². The van der Waals surface area contributed by atoms with Gasteiger partial charge in [-0.15, -0.1) is 0 Å². The number of hydrogen-bond donors (Lipinski definition) is 0. The van der Waals surface area contributed by atoms with Crippen molar-refractivity contribution in [2.45, 2.75) is 18.4 Å². The Hall–Kier alpha value is -3.58. The molecule has 0 N–H and O–H groups in total. The third-order valence-electron chi connectivity index (χ3n) is 4.78. The molecule has 0 spiro atoms. The van der Waals surface area contributed by atoms with Crippen molar-refractivity contribution < 1.29 is 27.4 Å². The number of allylic oxidation sites excluding steroid dienone is 1. The molecule has 3 aromatic rings. The predicted octanol–water partition coefficient (Wildman–Crippen LogP) is 4.97. The van der Waals surface area contributed by atoms with Crippen LogP contribution < -0.4 is 14.2 Å². The Balaban J connectivity index is 1.77. The van der Waals surface area contributed by atoms with Crippen LogP contribution in [0.15, 0.2) is 77.7 Å². The molecule has 3 rings (SSSR count). The quantitative estimate of drug-likeness (QED) is 0.310. The summed E-state index contributed by atoms with van der Waals surface area (Å²) in [6.45, 7) is 2.78. The van der Waals surface area contributed by atoms with Gasteiger partial charge in [0.05, 0.1) is 13.7 Å². The molecule has 172 valence electrons. The van der Waals surface area contributed by atoms with E-state index in [1.54, 1.807) is 12.1 Å². The smallest absolute Gasteiger partial charge is 0.185 e. The molecular weight excluding hydrogens is 440 g/mol. The van der Waals surface area contributed by atoms with Gasteiger partial charge in [0.25, 0.3) is 0 Å². The van der Waals surface area contributed by atoms with E-state index in [4.69, 9.17) is 14.2 Å². The Morgan fingerprint density at radius 1 is 0.909 bits per heavy atom. The van der Waals surface area contributed by atoms with Gasteiger partial charge in [-0.2, -0.15) is 0 Å². The van der Waals surface area contributed by atoms with Crippen LogP contribution in [0.5, 0.6) is 17.2 Å². The summed E-state index contributed by atoms with van der Waals surface area (Å²) in [5, 5.41) is 0. The average Bonchev–Trinajstić information content (AvgIpc) is 2.81. The molecule has 0 aromatic heterocycles. The molecule has 0 aliphatic carbocycles. The number of carbonyl (C=O) groups excluding carboxylic acids is 1. The van der Waals surface area contributed by atoms with Crippen molar-refractivity contribution in [3.63, 3.8) is 0 Å². The van der Waals surface area contributed by atoms with Crippen LogP contribution in [0.4, 0.5) is 0 Å². The first-order chi connectivity index (χ1) is 15.8. The van der Waals surface area contributed by atoms with Gasteiger partial charge in [-0.25, -0.2) is 8.42 Å². The lowest BCUT2D eigenvalue weighted by Crippen LogP contribution is -2.03. The summed E-state index contributed by atoms with van der Waals surface area (Å²) in [6.07, 6.45) is 4.18. The third kappa shape index (κ3) is 6.46. The average molecular weight is 467 g/mol. The second-order valence-electron chi connectivity index (χ2n) is 7.25. The Bertz CT molecular complexity index is 1250. The summed E-state index contributed by atoms with van der Waals surface area (Å²) in [4.78, 5) is 12.7. The molecule has 3 aromatic carbocycles. The normalized spacial score (nSPS) is 11.4. The van der Waals surface area contributed by atoms with Gasteiger partial charge in [0.2, 0.25) is 0 Å². The summed E-state index contributed by atoms with van der Waals surface area (Å²) in [5.74, 6) is 1.05. The number of benzene rings is 3. The summed E-state index contributed by atoms with van der Waals surface area (Å²) >= 11 is 0. The first kappa shape index (κ1) is 24.1. The molecule has 0 fully saturated rings. The predicted molar refractivity (Wildman–Crippen MR) is 128 cm³/mol. The van der Waals surface area contributed by atoms with Crippen LogP contribution in [0.1, 0.15) is 28.4 Å². The Morgan fingerprint density at radius 3 is 2.33 bits per heavy atom. The maximum atomic E-state index is 12.6. The topological polar surface area (TPSA) is 78.9 Å². The summed E-state index contributed by atoms with van der Waals surface area (Å²) < 4.78 is 40.5. The van der Waals surface area contributed by atoms with E-state index in [1.165, 1.54) is 31.4 Å². The van der Waals surface area contributed by atoms with E-state index >= 15 is 0 Å². The lowest BCUT2D eigenvalue weighted by atomic mass is 10.1. The van der Waals surface area contributed by atoms with Gasteiger partial charge < -0.3 is 14.2 Å². The molecule has 33 heavy (non-hydrogen) atoms. The highest BCUT2D eigenvalue weighted by molar-refractivity contribution is 7.90. The number of ketones is 1. The maximum Gasteiger partial charge on any atom is 0.185 e. The van der Waals surface area contributed by atoms with Crippen molar-refractivity contribution in [3.05, 3.63) is 89.5 Å². The minimum Gasteiger partial charge on any atom is -0.495 e. The van der Waals surface area contributed by atoms with Crippen molar-refractivity contribution in [1.29, 1.82) is 0 Å². The molecule has 6 nitrogen and oxygen atoms in total. The van der Waals surface area contributed by atoms with Gasteiger partial charge in [-0.05, 0) is 54.5 Å². The third-order valence-corrected chi connectivity index (χ3v) is 5.92. The van der Waals surface area contributed by atoms with Crippen LogP contribution in [0.25, 0.3) is 6.08 Å². The van der Waals surface area contributed by atoms with Crippen LogP contribution in [0.2, 0.25) is 0 Å². The molecule has 0 aliphatic rings. The van der Waals surface area contributed by atoms with Crippen LogP contribution in [0, 0.1) is 0 Å². The van der Waals surface area contributed by atoms with Gasteiger partial charge in [0, 0.05) is 11.8 Å². The monoisotopic (exact) mass is 466 g/mol. The van der Waals surface area contributed by atoms with E-state index in [0.717, 1.165) is 17.4 Å². The highest BCUT2D eigenvalue weighted by Crippen LogP contribution is 2.30. The number of rotatable bonds is 10. The Labute approximate surface area is 194 Å². The standard InChI is InChI=1S/C26H26O6S/c1-4-31-24-16-19(11-14-23(24)32-18-20-8-6-5-7-9-20)10-13-22(27)21-12-15-26(33(3,28)29)25(17-21)30-2/h5-17H,4,18H2,1-3H3/b13-10+. The SMILES string of the molecule is CCOc1cc(/C=C/C(=O)c2ccc(S(C)(=O)=O)c(OC)c2)ccc1OCc1ccccc1. The number of methoxy groups -OCH3 is 1. The van der Waals surface area contributed by atoms with E-state index in [1.807, 2.05) is 49.4 Å². The van der Waals surface area contributed by atoms with E-state index in [-0.39, 0.29) is 16.4 Å². The van der Waals surface area contributed by atoms with Crippen molar-refractivity contribution in [2.24, 2.45) is 0 Å². The zero-order valence-electron chi connectivity index (χ0n) is 18.8. The number of carbonyl (C=O) groups is 1.